The summed E-state index contributed by atoms with van der Waals surface area (Å²) in [4.78, 5) is 0. The van der Waals surface area contributed by atoms with Crippen LogP contribution in [0.3, 0.4) is 0 Å². The highest BCUT2D eigenvalue weighted by molar-refractivity contribution is 4.95. The Kier molecular flexibility index (Phi) is 1.78. The smallest absolute Gasteiger partial charge is 0.0717 e. The number of likely N-dealkylation sites (N-methyl/N-ethyl adjacent to an activating group) is 1. The van der Waals surface area contributed by atoms with Gasteiger partial charge in [0.15, 0.2) is 0 Å². The lowest BCUT2D eigenvalue weighted by atomic mass is 10.0. The monoisotopic (exact) mass is 129 g/mol. The first-order valence-corrected chi connectivity index (χ1v) is 3.52. The van der Waals surface area contributed by atoms with E-state index < -0.39 is 0 Å². The Morgan fingerprint density at radius 2 is 2.22 bits per heavy atom. The molecule has 0 aromatic heterocycles. The standard InChI is InChI=1S/C7H15NO/c1-7(3-4-7)6(9)5-8-2/h6,8-9H,3-5H2,1-2H3. The maximum absolute atomic E-state index is 9.39. The number of rotatable bonds is 3. The second-order valence-electron chi connectivity index (χ2n) is 3.23. The van der Waals surface area contributed by atoms with Crippen LogP contribution < -0.4 is 5.32 Å². The molecule has 1 saturated carbocycles. The minimum absolute atomic E-state index is 0.137. The van der Waals surface area contributed by atoms with Gasteiger partial charge in [-0.1, -0.05) is 6.92 Å². The SMILES string of the molecule is CNCC(O)C1(C)CC1. The third-order valence-corrected chi connectivity index (χ3v) is 2.24. The predicted molar refractivity (Wildman–Crippen MR) is 37.3 cm³/mol. The lowest BCUT2D eigenvalue weighted by molar-refractivity contribution is 0.104. The molecule has 1 aliphatic rings. The molecular weight excluding hydrogens is 114 g/mol. The molecule has 0 aliphatic heterocycles. The summed E-state index contributed by atoms with van der Waals surface area (Å²) >= 11 is 0. The lowest BCUT2D eigenvalue weighted by Gasteiger charge is -2.15. The van der Waals surface area contributed by atoms with E-state index in [0.29, 0.717) is 0 Å². The van der Waals surface area contributed by atoms with Gasteiger partial charge in [0.1, 0.15) is 0 Å². The van der Waals surface area contributed by atoms with E-state index in [9.17, 15) is 5.11 Å². The molecule has 1 fully saturated rings. The van der Waals surface area contributed by atoms with Crippen LogP contribution >= 0.6 is 0 Å². The molecular formula is C7H15NO. The number of hydrogen-bond donors (Lipinski definition) is 2. The van der Waals surface area contributed by atoms with Crippen LogP contribution in [0.15, 0.2) is 0 Å². The van der Waals surface area contributed by atoms with Crippen LogP contribution in [0.1, 0.15) is 19.8 Å². The predicted octanol–water partition coefficient (Wildman–Crippen LogP) is 0.367. The highest BCUT2D eigenvalue weighted by Crippen LogP contribution is 2.47. The Balaban J connectivity index is 2.24. The topological polar surface area (TPSA) is 32.3 Å². The Labute approximate surface area is 56.3 Å². The van der Waals surface area contributed by atoms with E-state index in [1.165, 1.54) is 12.8 Å². The fraction of sp³-hybridized carbons (Fsp3) is 1.00. The summed E-state index contributed by atoms with van der Waals surface area (Å²) in [6.07, 6.45) is 2.24. The minimum Gasteiger partial charge on any atom is -0.391 e. The number of nitrogens with one attached hydrogen (secondary N) is 1. The molecule has 1 unspecified atom stereocenters. The van der Waals surface area contributed by atoms with Crippen LogP contribution in [0.5, 0.6) is 0 Å². The van der Waals surface area contributed by atoms with Crippen LogP contribution in [0.2, 0.25) is 0 Å². The van der Waals surface area contributed by atoms with Gasteiger partial charge >= 0.3 is 0 Å². The normalized spacial score (nSPS) is 25.7. The van der Waals surface area contributed by atoms with Gasteiger partial charge in [0, 0.05) is 6.54 Å². The van der Waals surface area contributed by atoms with E-state index in [4.69, 9.17) is 0 Å². The lowest BCUT2D eigenvalue weighted by Crippen LogP contribution is -2.30. The molecule has 1 aliphatic carbocycles. The minimum atomic E-state index is -0.137. The molecule has 2 N–H and O–H groups in total. The van der Waals surface area contributed by atoms with Crippen molar-refractivity contribution >= 4 is 0 Å². The maximum atomic E-state index is 9.39. The summed E-state index contributed by atoms with van der Waals surface area (Å²) in [6.45, 7) is 2.87. The van der Waals surface area contributed by atoms with Crippen LogP contribution in [0.4, 0.5) is 0 Å². The van der Waals surface area contributed by atoms with Crippen molar-refractivity contribution in [2.45, 2.75) is 25.9 Å². The average molecular weight is 129 g/mol. The van der Waals surface area contributed by atoms with Crippen LogP contribution in [-0.4, -0.2) is 24.8 Å². The first kappa shape index (κ1) is 7.03. The van der Waals surface area contributed by atoms with Crippen LogP contribution in [0.25, 0.3) is 0 Å². The third kappa shape index (κ3) is 1.43. The van der Waals surface area contributed by atoms with E-state index >= 15 is 0 Å². The average Bonchev–Trinajstić information content (AvgIpc) is 2.50. The van der Waals surface area contributed by atoms with Gasteiger partial charge in [-0.05, 0) is 25.3 Å². The first-order chi connectivity index (χ1) is 4.19. The van der Waals surface area contributed by atoms with Crippen molar-refractivity contribution in [3.8, 4) is 0 Å². The van der Waals surface area contributed by atoms with Crippen molar-refractivity contribution in [3.05, 3.63) is 0 Å². The molecule has 0 spiro atoms. The van der Waals surface area contributed by atoms with Gasteiger partial charge in [0.05, 0.1) is 6.10 Å². The third-order valence-electron chi connectivity index (χ3n) is 2.24. The van der Waals surface area contributed by atoms with Crippen molar-refractivity contribution in [2.24, 2.45) is 5.41 Å². The second-order valence-corrected chi connectivity index (χ2v) is 3.23. The van der Waals surface area contributed by atoms with E-state index in [0.717, 1.165) is 6.54 Å². The molecule has 0 radical (unpaired) electrons. The van der Waals surface area contributed by atoms with Gasteiger partial charge < -0.3 is 10.4 Å². The van der Waals surface area contributed by atoms with Gasteiger partial charge in [-0.2, -0.15) is 0 Å². The molecule has 0 saturated heterocycles. The van der Waals surface area contributed by atoms with Crippen molar-refractivity contribution in [2.75, 3.05) is 13.6 Å². The van der Waals surface area contributed by atoms with Gasteiger partial charge in [-0.15, -0.1) is 0 Å². The second kappa shape index (κ2) is 2.27. The Morgan fingerprint density at radius 3 is 2.56 bits per heavy atom. The highest BCUT2D eigenvalue weighted by atomic mass is 16.3. The molecule has 0 heterocycles. The van der Waals surface area contributed by atoms with Crippen molar-refractivity contribution in [3.63, 3.8) is 0 Å². The summed E-state index contributed by atoms with van der Waals surface area (Å²) < 4.78 is 0. The summed E-state index contributed by atoms with van der Waals surface area (Å²) in [6, 6.07) is 0. The number of aliphatic hydroxyl groups is 1. The van der Waals surface area contributed by atoms with E-state index in [1.54, 1.807) is 0 Å². The molecule has 0 aromatic rings. The molecule has 2 nitrogen and oxygen atoms in total. The summed E-state index contributed by atoms with van der Waals surface area (Å²) in [7, 11) is 1.87. The summed E-state index contributed by atoms with van der Waals surface area (Å²) in [5.41, 5.74) is 0.253. The summed E-state index contributed by atoms with van der Waals surface area (Å²) in [5.74, 6) is 0. The van der Waals surface area contributed by atoms with Gasteiger partial charge in [0.25, 0.3) is 0 Å². The van der Waals surface area contributed by atoms with Crippen LogP contribution in [-0.2, 0) is 0 Å². The molecule has 1 rings (SSSR count). The summed E-state index contributed by atoms with van der Waals surface area (Å²) in [5, 5.41) is 12.3. The fourth-order valence-corrected chi connectivity index (χ4v) is 0.970. The zero-order valence-electron chi connectivity index (χ0n) is 6.15. The Bertz CT molecular complexity index is 99.1. The molecule has 0 bridgehead atoms. The zero-order chi connectivity index (χ0) is 6.91. The largest absolute Gasteiger partial charge is 0.391 e. The Hall–Kier alpha value is -0.0800. The zero-order valence-corrected chi connectivity index (χ0v) is 6.15. The fourth-order valence-electron chi connectivity index (χ4n) is 0.970. The molecule has 1 atom stereocenters. The van der Waals surface area contributed by atoms with Gasteiger partial charge in [0.2, 0.25) is 0 Å². The van der Waals surface area contributed by atoms with Crippen molar-refractivity contribution < 1.29 is 5.11 Å². The quantitative estimate of drug-likeness (QED) is 0.577. The van der Waals surface area contributed by atoms with Crippen LogP contribution in [0, 0.1) is 5.41 Å². The van der Waals surface area contributed by atoms with E-state index in [-0.39, 0.29) is 11.5 Å². The molecule has 54 valence electrons. The molecule has 0 amide bonds. The van der Waals surface area contributed by atoms with Crippen molar-refractivity contribution in [1.82, 2.24) is 5.32 Å². The first-order valence-electron chi connectivity index (χ1n) is 3.52. The molecule has 0 aromatic carbocycles. The highest BCUT2D eigenvalue weighted by Gasteiger charge is 2.43. The number of aliphatic hydroxyl groups excluding tert-OH is 1. The maximum Gasteiger partial charge on any atom is 0.0717 e. The Morgan fingerprint density at radius 1 is 1.67 bits per heavy atom. The van der Waals surface area contributed by atoms with Gasteiger partial charge in [-0.3, -0.25) is 0 Å². The number of hydrogen-bond acceptors (Lipinski definition) is 2. The van der Waals surface area contributed by atoms with E-state index in [2.05, 4.69) is 12.2 Å². The van der Waals surface area contributed by atoms with Crippen molar-refractivity contribution in [1.29, 1.82) is 0 Å². The van der Waals surface area contributed by atoms with Gasteiger partial charge in [-0.25, -0.2) is 0 Å². The molecule has 9 heavy (non-hydrogen) atoms. The van der Waals surface area contributed by atoms with E-state index in [1.807, 2.05) is 7.05 Å². The molecule has 2 heteroatoms.